The van der Waals surface area contributed by atoms with Crippen LogP contribution in [0.4, 0.5) is 0 Å². The third-order valence-electron chi connectivity index (χ3n) is 3.27. The van der Waals surface area contributed by atoms with Gasteiger partial charge in [-0.1, -0.05) is 41.5 Å². The van der Waals surface area contributed by atoms with Crippen LogP contribution in [0.2, 0.25) is 0 Å². The van der Waals surface area contributed by atoms with E-state index in [0.29, 0.717) is 0 Å². The number of rotatable bonds is 0. The van der Waals surface area contributed by atoms with E-state index >= 15 is 0 Å². The van der Waals surface area contributed by atoms with E-state index < -0.39 is 0 Å². The largest absolute Gasteiger partial charge is 0.313 e. The maximum atomic E-state index is 4.51. The summed E-state index contributed by atoms with van der Waals surface area (Å²) in [6, 6.07) is 0. The predicted molar refractivity (Wildman–Crippen MR) is 77.7 cm³/mol. The summed E-state index contributed by atoms with van der Waals surface area (Å²) in [4.78, 5) is 11.1. The molecule has 2 rings (SSSR count). The lowest BCUT2D eigenvalue weighted by Gasteiger charge is -2.34. The van der Waals surface area contributed by atoms with E-state index in [4.69, 9.17) is 0 Å². The lowest BCUT2D eigenvalue weighted by atomic mass is 9.86. The van der Waals surface area contributed by atoms with Gasteiger partial charge < -0.3 is 4.90 Å². The van der Waals surface area contributed by atoms with Gasteiger partial charge in [0.2, 0.25) is 6.29 Å². The van der Waals surface area contributed by atoms with Crippen molar-refractivity contribution < 1.29 is 0 Å². The van der Waals surface area contributed by atoms with Gasteiger partial charge >= 0.3 is 0 Å². The molecule has 0 amide bonds. The third kappa shape index (κ3) is 2.55. The van der Waals surface area contributed by atoms with Crippen LogP contribution >= 0.6 is 0 Å². The van der Waals surface area contributed by atoms with Crippen molar-refractivity contribution in [2.45, 2.75) is 47.8 Å². The zero-order valence-electron chi connectivity index (χ0n) is 12.2. The SMILES string of the molecule is CC(C)(C)C1=CN2C=C(C(C)(C)C)C=NC2N=C1. The highest BCUT2D eigenvalue weighted by Crippen LogP contribution is 2.31. The third-order valence-corrected chi connectivity index (χ3v) is 3.27. The number of allylic oxidation sites excluding steroid dienone is 2. The Hall–Kier alpha value is -1.38. The minimum atomic E-state index is -0.109. The molecule has 18 heavy (non-hydrogen) atoms. The van der Waals surface area contributed by atoms with Crippen LogP contribution in [-0.2, 0) is 0 Å². The molecule has 0 aromatic carbocycles. The predicted octanol–water partition coefficient (Wildman–Crippen LogP) is 3.60. The van der Waals surface area contributed by atoms with Gasteiger partial charge in [-0.3, -0.25) is 0 Å². The molecule has 0 bridgehead atoms. The minimum absolute atomic E-state index is 0.109. The summed E-state index contributed by atoms with van der Waals surface area (Å²) in [5.41, 5.74) is 2.71. The van der Waals surface area contributed by atoms with Crippen molar-refractivity contribution in [3.8, 4) is 0 Å². The molecule has 0 aromatic heterocycles. The van der Waals surface area contributed by atoms with E-state index in [1.807, 2.05) is 12.4 Å². The smallest absolute Gasteiger partial charge is 0.219 e. The molecule has 0 saturated carbocycles. The molecule has 3 nitrogen and oxygen atoms in total. The first-order chi connectivity index (χ1) is 8.18. The fourth-order valence-electron chi connectivity index (χ4n) is 1.82. The minimum Gasteiger partial charge on any atom is -0.313 e. The zero-order chi connectivity index (χ0) is 13.6. The van der Waals surface area contributed by atoms with Crippen molar-refractivity contribution in [1.82, 2.24) is 4.90 Å². The molecule has 0 unspecified atom stereocenters. The molecule has 0 fully saturated rings. The summed E-state index contributed by atoms with van der Waals surface area (Å²) >= 11 is 0. The second-order valence-corrected chi connectivity index (χ2v) is 7.02. The lowest BCUT2D eigenvalue weighted by Crippen LogP contribution is -2.33. The van der Waals surface area contributed by atoms with Crippen LogP contribution in [0.25, 0.3) is 0 Å². The van der Waals surface area contributed by atoms with Gasteiger partial charge in [0.1, 0.15) is 0 Å². The van der Waals surface area contributed by atoms with E-state index in [2.05, 4.69) is 68.8 Å². The fraction of sp³-hybridized carbons (Fsp3) is 0.600. The second-order valence-electron chi connectivity index (χ2n) is 7.02. The molecule has 2 aliphatic heterocycles. The van der Waals surface area contributed by atoms with Crippen LogP contribution in [0.1, 0.15) is 41.5 Å². The Balaban J connectivity index is 2.31. The monoisotopic (exact) mass is 245 g/mol. The number of nitrogens with zero attached hydrogens (tertiary/aromatic N) is 3. The lowest BCUT2D eigenvalue weighted by molar-refractivity contribution is 0.354. The molecule has 0 spiro atoms. The Bertz CT molecular complexity index is 411. The maximum Gasteiger partial charge on any atom is 0.219 e. The number of aliphatic imine (C=N–C) groups is 2. The molecular weight excluding hydrogens is 222 g/mol. The summed E-state index contributed by atoms with van der Waals surface area (Å²) in [6.45, 7) is 13.2. The quantitative estimate of drug-likeness (QED) is 0.641. The van der Waals surface area contributed by atoms with Gasteiger partial charge in [-0.15, -0.1) is 0 Å². The van der Waals surface area contributed by atoms with Crippen molar-refractivity contribution >= 4 is 12.4 Å². The molecular formula is C15H23N3. The van der Waals surface area contributed by atoms with Crippen molar-refractivity contribution in [3.63, 3.8) is 0 Å². The van der Waals surface area contributed by atoms with Crippen molar-refractivity contribution in [2.24, 2.45) is 20.8 Å². The number of fused-ring (bicyclic) bond motifs is 1. The average molecular weight is 245 g/mol. The van der Waals surface area contributed by atoms with Crippen LogP contribution in [-0.4, -0.2) is 23.6 Å². The van der Waals surface area contributed by atoms with Crippen LogP contribution in [0.5, 0.6) is 0 Å². The van der Waals surface area contributed by atoms with E-state index in [0.717, 1.165) is 0 Å². The normalized spacial score (nSPS) is 20.7. The molecule has 0 aromatic rings. The Morgan fingerprint density at radius 3 is 1.56 bits per heavy atom. The van der Waals surface area contributed by atoms with Gasteiger partial charge in [0.15, 0.2) is 0 Å². The van der Waals surface area contributed by atoms with Crippen molar-refractivity contribution in [3.05, 3.63) is 23.5 Å². The molecule has 2 aliphatic rings. The molecule has 0 aliphatic carbocycles. The van der Waals surface area contributed by atoms with Gasteiger partial charge in [0.05, 0.1) is 0 Å². The van der Waals surface area contributed by atoms with Gasteiger partial charge in [0, 0.05) is 24.8 Å². The summed E-state index contributed by atoms with van der Waals surface area (Å²) in [6.07, 6.45) is 8.13. The first-order valence-electron chi connectivity index (χ1n) is 6.46. The fourth-order valence-corrected chi connectivity index (χ4v) is 1.82. The molecule has 2 heterocycles. The Labute approximate surface area is 110 Å². The van der Waals surface area contributed by atoms with E-state index in [1.54, 1.807) is 0 Å². The Morgan fingerprint density at radius 2 is 1.22 bits per heavy atom. The first kappa shape index (κ1) is 13.1. The van der Waals surface area contributed by atoms with Gasteiger partial charge in [-0.25, -0.2) is 9.98 Å². The highest BCUT2D eigenvalue weighted by atomic mass is 15.3. The van der Waals surface area contributed by atoms with Crippen LogP contribution in [0.3, 0.4) is 0 Å². The van der Waals surface area contributed by atoms with Crippen LogP contribution < -0.4 is 0 Å². The molecule has 0 N–H and O–H groups in total. The van der Waals surface area contributed by atoms with E-state index in [-0.39, 0.29) is 17.1 Å². The zero-order valence-corrected chi connectivity index (χ0v) is 12.2. The van der Waals surface area contributed by atoms with Crippen molar-refractivity contribution in [2.75, 3.05) is 0 Å². The summed E-state index contributed by atoms with van der Waals surface area (Å²) < 4.78 is 0. The van der Waals surface area contributed by atoms with Gasteiger partial charge in [-0.05, 0) is 22.0 Å². The molecule has 0 radical (unpaired) electrons. The van der Waals surface area contributed by atoms with Crippen molar-refractivity contribution in [1.29, 1.82) is 0 Å². The number of hydrogen-bond donors (Lipinski definition) is 0. The summed E-state index contributed by atoms with van der Waals surface area (Å²) in [5, 5.41) is 0. The van der Waals surface area contributed by atoms with Crippen LogP contribution in [0, 0.1) is 10.8 Å². The molecule has 98 valence electrons. The Kier molecular flexibility index (Phi) is 2.96. The molecule has 0 saturated heterocycles. The molecule has 0 atom stereocenters. The standard InChI is InChI=1S/C15H23N3/c1-14(2,3)11-7-16-13-17-8-12(15(4,5)6)10-18(13)9-11/h7-10,13H,1-6H3. The highest BCUT2D eigenvalue weighted by molar-refractivity contribution is 5.84. The average Bonchev–Trinajstić information content (AvgIpc) is 2.25. The highest BCUT2D eigenvalue weighted by Gasteiger charge is 2.27. The van der Waals surface area contributed by atoms with Gasteiger partial charge in [-0.2, -0.15) is 0 Å². The van der Waals surface area contributed by atoms with Gasteiger partial charge in [0.25, 0.3) is 0 Å². The Morgan fingerprint density at radius 1 is 0.833 bits per heavy atom. The maximum absolute atomic E-state index is 4.51. The van der Waals surface area contributed by atoms with E-state index in [1.165, 1.54) is 11.1 Å². The topological polar surface area (TPSA) is 28.0 Å². The van der Waals surface area contributed by atoms with Crippen LogP contribution in [0.15, 0.2) is 33.5 Å². The molecule has 3 heteroatoms. The number of hydrogen-bond acceptors (Lipinski definition) is 3. The second kappa shape index (κ2) is 4.08. The summed E-state index contributed by atoms with van der Waals surface area (Å²) in [7, 11) is 0. The first-order valence-corrected chi connectivity index (χ1v) is 6.46. The summed E-state index contributed by atoms with van der Waals surface area (Å²) in [5.74, 6) is 0. The van der Waals surface area contributed by atoms with E-state index in [9.17, 15) is 0 Å².